The first-order chi connectivity index (χ1) is 12.1. The smallest absolute Gasteiger partial charge is 0.289 e. The monoisotopic (exact) mass is 375 g/mol. The summed E-state index contributed by atoms with van der Waals surface area (Å²) in [5.41, 5.74) is 2.85. The number of amides is 1. The molecule has 1 amide bonds. The summed E-state index contributed by atoms with van der Waals surface area (Å²) in [6, 6.07) is 9.52. The standard InChI is InChI=1S/C19H21N3O3.ClH/c1-13-16(14(2)25-20-13)12-21-7-9-22(10-8-21)19(23)18-11-15-5-3-4-6-17(15)24-18;/h3-6,11H,7-10,12H2,1-2H3;1H. The summed E-state index contributed by atoms with van der Waals surface area (Å²) in [5, 5.41) is 4.97. The van der Waals surface area contributed by atoms with Crippen LogP contribution in [0.25, 0.3) is 11.0 Å². The Morgan fingerprint density at radius 1 is 1.15 bits per heavy atom. The Labute approximate surface area is 158 Å². The number of fused-ring (bicyclic) bond motifs is 1. The number of benzene rings is 1. The van der Waals surface area contributed by atoms with Crippen LogP contribution in [0.15, 0.2) is 39.3 Å². The van der Waals surface area contributed by atoms with Crippen LogP contribution in [-0.2, 0) is 6.54 Å². The van der Waals surface area contributed by atoms with Crippen molar-refractivity contribution in [1.82, 2.24) is 15.0 Å². The minimum absolute atomic E-state index is 0. The first kappa shape index (κ1) is 18.5. The van der Waals surface area contributed by atoms with Crippen LogP contribution in [0, 0.1) is 13.8 Å². The van der Waals surface area contributed by atoms with Gasteiger partial charge in [0.2, 0.25) is 0 Å². The Kier molecular flexibility index (Phi) is 5.34. The van der Waals surface area contributed by atoms with Gasteiger partial charge in [-0.25, -0.2) is 0 Å². The highest BCUT2D eigenvalue weighted by Crippen LogP contribution is 2.21. The van der Waals surface area contributed by atoms with E-state index in [1.165, 1.54) is 0 Å². The zero-order chi connectivity index (χ0) is 17.4. The van der Waals surface area contributed by atoms with Crippen LogP contribution in [0.1, 0.15) is 27.6 Å². The predicted molar refractivity (Wildman–Crippen MR) is 101 cm³/mol. The van der Waals surface area contributed by atoms with Gasteiger partial charge in [-0.3, -0.25) is 9.69 Å². The molecule has 0 radical (unpaired) electrons. The van der Waals surface area contributed by atoms with Gasteiger partial charge in [-0.1, -0.05) is 23.4 Å². The number of hydrogen-bond acceptors (Lipinski definition) is 5. The van der Waals surface area contributed by atoms with Crippen molar-refractivity contribution in [3.8, 4) is 0 Å². The number of carbonyl (C=O) groups excluding carboxylic acids is 1. The highest BCUT2D eigenvalue weighted by molar-refractivity contribution is 5.96. The fourth-order valence-corrected chi connectivity index (χ4v) is 3.30. The highest BCUT2D eigenvalue weighted by atomic mass is 35.5. The van der Waals surface area contributed by atoms with Crippen LogP contribution in [0.5, 0.6) is 0 Å². The summed E-state index contributed by atoms with van der Waals surface area (Å²) in [6.07, 6.45) is 0. The van der Waals surface area contributed by atoms with E-state index < -0.39 is 0 Å². The van der Waals surface area contributed by atoms with Gasteiger partial charge in [-0.05, 0) is 26.0 Å². The van der Waals surface area contributed by atoms with Crippen LogP contribution in [-0.4, -0.2) is 47.0 Å². The minimum atomic E-state index is -0.0341. The predicted octanol–water partition coefficient (Wildman–Crippen LogP) is 3.42. The zero-order valence-corrected chi connectivity index (χ0v) is 15.7. The van der Waals surface area contributed by atoms with Gasteiger partial charge in [0, 0.05) is 43.7 Å². The normalized spacial score (nSPS) is 15.2. The van der Waals surface area contributed by atoms with E-state index in [2.05, 4.69) is 10.1 Å². The molecule has 3 heterocycles. The van der Waals surface area contributed by atoms with Crippen LogP contribution < -0.4 is 0 Å². The average molecular weight is 376 g/mol. The molecule has 1 aliphatic rings. The average Bonchev–Trinajstić information content (AvgIpc) is 3.20. The molecule has 3 aromatic rings. The number of hydrogen-bond donors (Lipinski definition) is 0. The molecule has 1 fully saturated rings. The summed E-state index contributed by atoms with van der Waals surface area (Å²) in [4.78, 5) is 16.9. The van der Waals surface area contributed by atoms with E-state index in [-0.39, 0.29) is 18.3 Å². The maximum absolute atomic E-state index is 12.7. The Bertz CT molecular complexity index is 857. The quantitative estimate of drug-likeness (QED) is 0.702. The molecule has 1 saturated heterocycles. The maximum Gasteiger partial charge on any atom is 0.289 e. The van der Waals surface area contributed by atoms with Crippen LogP contribution in [0.3, 0.4) is 0 Å². The molecule has 6 nitrogen and oxygen atoms in total. The Morgan fingerprint density at radius 3 is 2.54 bits per heavy atom. The summed E-state index contributed by atoms with van der Waals surface area (Å²) >= 11 is 0. The molecule has 0 aliphatic carbocycles. The third-order valence-electron chi connectivity index (χ3n) is 4.86. The van der Waals surface area contributed by atoms with E-state index in [9.17, 15) is 4.79 Å². The molecule has 1 aliphatic heterocycles. The zero-order valence-electron chi connectivity index (χ0n) is 14.9. The molecular formula is C19H22ClN3O3. The highest BCUT2D eigenvalue weighted by Gasteiger charge is 2.25. The van der Waals surface area contributed by atoms with E-state index in [0.717, 1.165) is 47.6 Å². The van der Waals surface area contributed by atoms with E-state index in [1.807, 2.05) is 49.1 Å². The summed E-state index contributed by atoms with van der Waals surface area (Å²) < 4.78 is 10.9. The topological polar surface area (TPSA) is 62.7 Å². The van der Waals surface area contributed by atoms with Crippen molar-refractivity contribution in [3.05, 3.63) is 53.1 Å². The number of rotatable bonds is 3. The van der Waals surface area contributed by atoms with Crippen molar-refractivity contribution in [2.75, 3.05) is 26.2 Å². The fourth-order valence-electron chi connectivity index (χ4n) is 3.30. The lowest BCUT2D eigenvalue weighted by molar-refractivity contribution is 0.0599. The molecule has 0 unspecified atom stereocenters. The largest absolute Gasteiger partial charge is 0.451 e. The summed E-state index contributed by atoms with van der Waals surface area (Å²) in [6.45, 7) is 7.77. The second kappa shape index (κ2) is 7.51. The van der Waals surface area contributed by atoms with Crippen molar-refractivity contribution >= 4 is 29.3 Å². The van der Waals surface area contributed by atoms with Crippen LogP contribution >= 0.6 is 12.4 Å². The Hall–Kier alpha value is -2.31. The van der Waals surface area contributed by atoms with Gasteiger partial charge in [-0.2, -0.15) is 0 Å². The maximum atomic E-state index is 12.7. The van der Waals surface area contributed by atoms with Gasteiger partial charge in [-0.15, -0.1) is 12.4 Å². The number of piperazine rings is 1. The molecule has 0 saturated carbocycles. The first-order valence-electron chi connectivity index (χ1n) is 8.54. The van der Waals surface area contributed by atoms with Crippen LogP contribution in [0.4, 0.5) is 0 Å². The van der Waals surface area contributed by atoms with E-state index >= 15 is 0 Å². The SMILES string of the molecule is Cc1noc(C)c1CN1CCN(C(=O)c2cc3ccccc3o2)CC1.Cl. The molecule has 1 aromatic carbocycles. The third kappa shape index (κ3) is 3.48. The Balaban J connectivity index is 0.00000196. The molecule has 0 atom stereocenters. The van der Waals surface area contributed by atoms with Crippen LogP contribution in [0.2, 0.25) is 0 Å². The van der Waals surface area contributed by atoms with E-state index in [1.54, 1.807) is 0 Å². The fraction of sp³-hybridized carbons (Fsp3) is 0.368. The van der Waals surface area contributed by atoms with Gasteiger partial charge in [0.25, 0.3) is 5.91 Å². The molecule has 0 N–H and O–H groups in total. The number of aryl methyl sites for hydroxylation is 2. The second-order valence-electron chi connectivity index (χ2n) is 6.52. The third-order valence-corrected chi connectivity index (χ3v) is 4.86. The molecular weight excluding hydrogens is 354 g/mol. The molecule has 0 bridgehead atoms. The molecule has 26 heavy (non-hydrogen) atoms. The molecule has 4 rings (SSSR count). The number of para-hydroxylation sites is 1. The van der Waals surface area contributed by atoms with E-state index in [0.29, 0.717) is 18.8 Å². The minimum Gasteiger partial charge on any atom is -0.451 e. The van der Waals surface area contributed by atoms with Gasteiger partial charge >= 0.3 is 0 Å². The van der Waals surface area contributed by atoms with Crippen molar-refractivity contribution in [2.45, 2.75) is 20.4 Å². The number of carbonyl (C=O) groups is 1. The summed E-state index contributed by atoms with van der Waals surface area (Å²) in [5.74, 6) is 1.26. The van der Waals surface area contributed by atoms with Crippen molar-refractivity contribution in [2.24, 2.45) is 0 Å². The van der Waals surface area contributed by atoms with E-state index in [4.69, 9.17) is 8.94 Å². The number of nitrogens with zero attached hydrogens (tertiary/aromatic N) is 3. The molecule has 0 spiro atoms. The van der Waals surface area contributed by atoms with Gasteiger partial charge in [0.15, 0.2) is 5.76 Å². The van der Waals surface area contributed by atoms with Crippen molar-refractivity contribution in [1.29, 1.82) is 0 Å². The lowest BCUT2D eigenvalue weighted by atomic mass is 10.1. The van der Waals surface area contributed by atoms with Gasteiger partial charge < -0.3 is 13.8 Å². The number of aromatic nitrogens is 1. The number of halogens is 1. The number of furan rings is 1. The van der Waals surface area contributed by atoms with Crippen molar-refractivity contribution < 1.29 is 13.7 Å². The summed E-state index contributed by atoms with van der Waals surface area (Å²) in [7, 11) is 0. The van der Waals surface area contributed by atoms with Gasteiger partial charge in [0.05, 0.1) is 5.69 Å². The van der Waals surface area contributed by atoms with Crippen molar-refractivity contribution in [3.63, 3.8) is 0 Å². The lowest BCUT2D eigenvalue weighted by Crippen LogP contribution is -2.48. The first-order valence-corrected chi connectivity index (χ1v) is 8.54. The van der Waals surface area contributed by atoms with Gasteiger partial charge in [0.1, 0.15) is 11.3 Å². The molecule has 7 heteroatoms. The molecule has 2 aromatic heterocycles. The second-order valence-corrected chi connectivity index (χ2v) is 6.52. The Morgan fingerprint density at radius 2 is 1.88 bits per heavy atom. The lowest BCUT2D eigenvalue weighted by Gasteiger charge is -2.34. The molecule has 138 valence electrons.